The highest BCUT2D eigenvalue weighted by atomic mass is 32.3. The molecular formula is C8H14O2S3. The molecule has 0 aliphatic carbocycles. The maximum Gasteiger partial charge on any atom is 0.174 e. The van der Waals surface area contributed by atoms with Crippen LogP contribution in [0.3, 0.4) is 0 Å². The van der Waals surface area contributed by atoms with E-state index in [-0.39, 0.29) is 9.16 Å². The second-order valence-corrected chi connectivity index (χ2v) is 9.01. The number of hydrogen-bond acceptors (Lipinski definition) is 4. The molecule has 5 heteroatoms. The number of hydrogen-bond donors (Lipinski definition) is 0. The Balaban J connectivity index is 2.09. The second-order valence-electron chi connectivity index (χ2n) is 3.47. The van der Waals surface area contributed by atoms with Crippen LogP contribution < -0.4 is 0 Å². The van der Waals surface area contributed by atoms with E-state index in [1.165, 1.54) is 0 Å². The summed E-state index contributed by atoms with van der Waals surface area (Å²) in [4.78, 5) is 0. The molecule has 2 fully saturated rings. The highest BCUT2D eigenvalue weighted by Gasteiger charge is 2.38. The lowest BCUT2D eigenvalue weighted by Crippen LogP contribution is -2.24. The molecule has 0 spiro atoms. The summed E-state index contributed by atoms with van der Waals surface area (Å²) in [6.07, 6.45) is 3.91. The summed E-state index contributed by atoms with van der Waals surface area (Å²) < 4.78 is 23.8. The van der Waals surface area contributed by atoms with Crippen LogP contribution >= 0.6 is 23.5 Å². The van der Waals surface area contributed by atoms with E-state index >= 15 is 0 Å². The third-order valence-corrected chi connectivity index (χ3v) is 9.14. The Morgan fingerprint density at radius 1 is 0.923 bits per heavy atom. The Kier molecular flexibility index (Phi) is 3.15. The second kappa shape index (κ2) is 4.03. The fraction of sp³-hybridized carbons (Fsp3) is 1.00. The van der Waals surface area contributed by atoms with E-state index in [1.54, 1.807) is 23.5 Å². The fourth-order valence-electron chi connectivity index (χ4n) is 1.78. The molecule has 76 valence electrons. The van der Waals surface area contributed by atoms with Crippen molar-refractivity contribution >= 4 is 33.4 Å². The minimum absolute atomic E-state index is 0.0805. The van der Waals surface area contributed by atoms with E-state index in [0.29, 0.717) is 0 Å². The van der Waals surface area contributed by atoms with Gasteiger partial charge in [-0.1, -0.05) is 0 Å². The third kappa shape index (κ3) is 2.02. The van der Waals surface area contributed by atoms with E-state index in [1.807, 2.05) is 0 Å². The van der Waals surface area contributed by atoms with Gasteiger partial charge in [0, 0.05) is 0 Å². The van der Waals surface area contributed by atoms with E-state index in [9.17, 15) is 8.42 Å². The molecule has 2 nitrogen and oxygen atoms in total. The summed E-state index contributed by atoms with van der Waals surface area (Å²) in [6.45, 7) is 0. The zero-order valence-corrected chi connectivity index (χ0v) is 9.89. The van der Waals surface area contributed by atoms with Gasteiger partial charge in [-0.3, -0.25) is 0 Å². The molecule has 2 heterocycles. The minimum Gasteiger partial charge on any atom is -0.227 e. The first-order chi connectivity index (χ1) is 6.21. The van der Waals surface area contributed by atoms with Crippen molar-refractivity contribution in [2.75, 3.05) is 11.5 Å². The van der Waals surface area contributed by atoms with Gasteiger partial charge in [0.15, 0.2) is 9.84 Å². The van der Waals surface area contributed by atoms with Crippen LogP contribution in [0.2, 0.25) is 0 Å². The van der Waals surface area contributed by atoms with Gasteiger partial charge < -0.3 is 0 Å². The van der Waals surface area contributed by atoms with E-state index in [2.05, 4.69) is 0 Å². The molecule has 2 aliphatic heterocycles. The molecule has 0 N–H and O–H groups in total. The lowest BCUT2D eigenvalue weighted by Gasteiger charge is -2.15. The summed E-state index contributed by atoms with van der Waals surface area (Å²) in [5, 5.41) is 0. The zero-order chi connectivity index (χ0) is 9.31. The molecule has 2 aliphatic rings. The highest BCUT2D eigenvalue weighted by molar-refractivity contribution is 8.20. The van der Waals surface area contributed by atoms with Gasteiger partial charge in [-0.2, -0.15) is 0 Å². The predicted octanol–water partition coefficient (Wildman–Crippen LogP) is 2.11. The van der Waals surface area contributed by atoms with E-state index in [4.69, 9.17) is 0 Å². The van der Waals surface area contributed by atoms with Crippen molar-refractivity contribution in [3.63, 3.8) is 0 Å². The molecule has 2 rings (SSSR count). The van der Waals surface area contributed by atoms with Crippen molar-refractivity contribution < 1.29 is 8.42 Å². The summed E-state index contributed by atoms with van der Waals surface area (Å²) in [7, 11) is -2.81. The van der Waals surface area contributed by atoms with Gasteiger partial charge >= 0.3 is 0 Å². The Labute approximate surface area is 88.2 Å². The van der Waals surface area contributed by atoms with Crippen LogP contribution in [0.25, 0.3) is 0 Å². The van der Waals surface area contributed by atoms with Crippen LogP contribution in [0.5, 0.6) is 0 Å². The van der Waals surface area contributed by atoms with Crippen molar-refractivity contribution in [1.82, 2.24) is 0 Å². The first kappa shape index (κ1) is 10.2. The molecule has 0 radical (unpaired) electrons. The molecule has 13 heavy (non-hydrogen) atoms. The minimum atomic E-state index is -2.81. The Morgan fingerprint density at radius 3 is 1.69 bits per heavy atom. The van der Waals surface area contributed by atoms with Crippen LogP contribution in [0.1, 0.15) is 25.7 Å². The van der Waals surface area contributed by atoms with Crippen molar-refractivity contribution in [2.45, 2.75) is 34.8 Å². The molecular weight excluding hydrogens is 224 g/mol. The number of sulfone groups is 1. The highest BCUT2D eigenvalue weighted by Crippen LogP contribution is 2.39. The summed E-state index contributed by atoms with van der Waals surface area (Å²) in [5.74, 6) is 2.06. The van der Waals surface area contributed by atoms with Gasteiger partial charge in [-0.05, 0) is 37.2 Å². The standard InChI is InChI=1S/C8H14O2S3/c9-13(10,7-3-1-5-11-7)8-4-2-6-12-8/h7-8H,1-6H2. The number of rotatable bonds is 2. The molecule has 2 saturated heterocycles. The van der Waals surface area contributed by atoms with Crippen LogP contribution in [0.4, 0.5) is 0 Å². The van der Waals surface area contributed by atoms with Gasteiger partial charge in [0.25, 0.3) is 0 Å². The summed E-state index contributed by atoms with van der Waals surface area (Å²) >= 11 is 3.27. The van der Waals surface area contributed by atoms with E-state index < -0.39 is 9.84 Å². The first-order valence-corrected chi connectivity index (χ1v) is 8.38. The van der Waals surface area contributed by atoms with Crippen LogP contribution in [0, 0.1) is 0 Å². The van der Waals surface area contributed by atoms with Crippen molar-refractivity contribution in [1.29, 1.82) is 0 Å². The lowest BCUT2D eigenvalue weighted by atomic mass is 10.4. The first-order valence-electron chi connectivity index (χ1n) is 4.67. The molecule has 0 aromatic heterocycles. The topological polar surface area (TPSA) is 34.1 Å². The Hall–Kier alpha value is 0.650. The predicted molar refractivity (Wildman–Crippen MR) is 59.9 cm³/mol. The summed E-state index contributed by atoms with van der Waals surface area (Å²) in [6, 6.07) is 0. The van der Waals surface area contributed by atoms with Gasteiger partial charge in [0.2, 0.25) is 0 Å². The quantitative estimate of drug-likeness (QED) is 0.738. The average molecular weight is 238 g/mol. The smallest absolute Gasteiger partial charge is 0.174 e. The lowest BCUT2D eigenvalue weighted by molar-refractivity contribution is 0.586. The molecule has 0 aromatic carbocycles. The van der Waals surface area contributed by atoms with Crippen molar-refractivity contribution in [3.8, 4) is 0 Å². The van der Waals surface area contributed by atoms with Gasteiger partial charge in [-0.15, -0.1) is 23.5 Å². The maximum absolute atomic E-state index is 12.0. The van der Waals surface area contributed by atoms with Crippen LogP contribution in [0.15, 0.2) is 0 Å². The summed E-state index contributed by atoms with van der Waals surface area (Å²) in [5.41, 5.74) is 0. The third-order valence-electron chi connectivity index (χ3n) is 2.51. The fourth-order valence-corrected chi connectivity index (χ4v) is 8.08. The van der Waals surface area contributed by atoms with Crippen LogP contribution in [-0.2, 0) is 9.84 Å². The largest absolute Gasteiger partial charge is 0.227 e. The van der Waals surface area contributed by atoms with Crippen molar-refractivity contribution in [3.05, 3.63) is 0 Å². The normalized spacial score (nSPS) is 35.4. The van der Waals surface area contributed by atoms with Crippen molar-refractivity contribution in [2.24, 2.45) is 0 Å². The van der Waals surface area contributed by atoms with Gasteiger partial charge in [0.05, 0.1) is 0 Å². The Morgan fingerprint density at radius 2 is 1.38 bits per heavy atom. The molecule has 0 saturated carbocycles. The Bertz CT molecular complexity index is 239. The molecule has 0 amide bonds. The van der Waals surface area contributed by atoms with Gasteiger partial charge in [0.1, 0.15) is 9.16 Å². The molecule has 0 aromatic rings. The zero-order valence-electron chi connectivity index (χ0n) is 7.44. The van der Waals surface area contributed by atoms with Crippen LogP contribution in [-0.4, -0.2) is 29.1 Å². The van der Waals surface area contributed by atoms with Gasteiger partial charge in [-0.25, -0.2) is 8.42 Å². The maximum atomic E-state index is 12.0. The number of thioether (sulfide) groups is 2. The average Bonchev–Trinajstić information content (AvgIpc) is 2.78. The monoisotopic (exact) mass is 238 g/mol. The molecule has 0 bridgehead atoms. The SMILES string of the molecule is O=S(=O)(C1CCCS1)C1CCCS1. The van der Waals surface area contributed by atoms with E-state index in [0.717, 1.165) is 37.2 Å². The molecule has 2 atom stereocenters. The molecule has 2 unspecified atom stereocenters.